The average molecular weight is 583 g/mol. The molecule has 0 atom stereocenters. The Morgan fingerprint density at radius 2 is 1.40 bits per heavy atom. The minimum absolute atomic E-state index is 0.0382. The van der Waals surface area contributed by atoms with Crippen LogP contribution in [0.3, 0.4) is 0 Å². The summed E-state index contributed by atoms with van der Waals surface area (Å²) < 4.78 is 2.76. The summed E-state index contributed by atoms with van der Waals surface area (Å²) in [4.78, 5) is 70.6. The predicted molar refractivity (Wildman–Crippen MR) is 164 cm³/mol. The molecule has 0 amide bonds. The monoisotopic (exact) mass is 582 g/mol. The molecule has 0 radical (unpaired) electrons. The van der Waals surface area contributed by atoms with Gasteiger partial charge in [0.15, 0.2) is 5.65 Å². The Labute approximate surface area is 240 Å². The maximum absolute atomic E-state index is 12.9. The molecule has 0 aliphatic heterocycles. The van der Waals surface area contributed by atoms with E-state index in [1.807, 2.05) is 0 Å². The maximum Gasteiger partial charge on any atom is 0.351 e. The van der Waals surface area contributed by atoms with Gasteiger partial charge in [-0.3, -0.25) is 28.6 Å². The molecule has 4 heterocycles. The summed E-state index contributed by atoms with van der Waals surface area (Å²) in [5.74, 6) is 0.309. The van der Waals surface area contributed by atoms with Crippen LogP contribution >= 0.6 is 0 Å². The van der Waals surface area contributed by atoms with Crippen molar-refractivity contribution in [1.29, 1.82) is 0 Å². The molecule has 8 N–H and O–H groups in total. The highest BCUT2D eigenvalue weighted by atomic mass is 16.2. The molecule has 0 fully saturated rings. The lowest BCUT2D eigenvalue weighted by atomic mass is 10.1. The van der Waals surface area contributed by atoms with Crippen LogP contribution in [0.5, 0.6) is 0 Å². The number of aromatic amines is 2. The molecule has 0 aliphatic carbocycles. The van der Waals surface area contributed by atoms with Crippen molar-refractivity contribution in [2.75, 3.05) is 55.8 Å². The molecule has 4 aromatic heterocycles. The van der Waals surface area contributed by atoms with Crippen LogP contribution in [0.4, 0.5) is 23.4 Å². The van der Waals surface area contributed by atoms with Crippen LogP contribution in [0.25, 0.3) is 21.9 Å². The zero-order valence-corrected chi connectivity index (χ0v) is 24.1. The number of nitrogen functional groups attached to an aromatic ring is 2. The van der Waals surface area contributed by atoms with Gasteiger partial charge in [0.25, 0.3) is 11.1 Å². The Morgan fingerprint density at radius 1 is 0.786 bits per heavy atom. The van der Waals surface area contributed by atoms with Crippen LogP contribution in [-0.2, 0) is 13.1 Å². The van der Waals surface area contributed by atoms with E-state index in [9.17, 15) is 19.2 Å². The first-order valence-corrected chi connectivity index (χ1v) is 14.0. The number of hydrogen-bond acceptors (Lipinski definition) is 12. The van der Waals surface area contributed by atoms with Gasteiger partial charge < -0.3 is 27.1 Å². The van der Waals surface area contributed by atoms with E-state index in [2.05, 4.69) is 47.4 Å². The fraction of sp³-hybridized carbons (Fsp3) is 0.500. The van der Waals surface area contributed by atoms with E-state index in [1.165, 1.54) is 9.13 Å². The van der Waals surface area contributed by atoms with Crippen LogP contribution in [-0.4, -0.2) is 72.7 Å². The molecule has 226 valence electrons. The summed E-state index contributed by atoms with van der Waals surface area (Å²) in [6, 6.07) is 1.65. The molecule has 4 rings (SSSR count). The first-order chi connectivity index (χ1) is 20.2. The summed E-state index contributed by atoms with van der Waals surface area (Å²) in [6.07, 6.45) is 5.33. The minimum atomic E-state index is -0.619. The Balaban J connectivity index is 1.65. The molecule has 0 aliphatic rings. The standard InChI is InChI=1S/C26H38N12O4/c1-4-5-6-7-8-9-36(10-12-37-15-14-16(29-2)31-22(39)17(15)19(27)32-25(37)41)11-13-38-21-18(20(28)33-26(38)42)23(40)35-24(30-3)34-21/h14H,4-13H2,1-3H3,(H2,27,32,41)(H2,28,33,42)(H2,29,31,39)(H2,30,34,35,40). The highest BCUT2D eigenvalue weighted by Gasteiger charge is 2.17. The lowest BCUT2D eigenvalue weighted by molar-refractivity contribution is 0.246. The Hall–Kier alpha value is -4.73. The summed E-state index contributed by atoms with van der Waals surface area (Å²) >= 11 is 0. The molecule has 0 spiro atoms. The Bertz CT molecular complexity index is 1680. The largest absolute Gasteiger partial charge is 0.383 e. The van der Waals surface area contributed by atoms with Crippen molar-refractivity contribution in [3.8, 4) is 0 Å². The fourth-order valence-corrected chi connectivity index (χ4v) is 4.95. The molecular formula is C26H38N12O4. The number of nitrogens with zero attached hydrogens (tertiary/aromatic N) is 6. The van der Waals surface area contributed by atoms with Gasteiger partial charge in [-0.1, -0.05) is 32.6 Å². The highest BCUT2D eigenvalue weighted by molar-refractivity contribution is 5.88. The second kappa shape index (κ2) is 13.3. The van der Waals surface area contributed by atoms with Gasteiger partial charge in [0.2, 0.25) is 5.95 Å². The van der Waals surface area contributed by atoms with Crippen molar-refractivity contribution in [1.82, 2.24) is 39.0 Å². The fourth-order valence-electron chi connectivity index (χ4n) is 4.95. The number of H-pyrrole nitrogens is 2. The van der Waals surface area contributed by atoms with E-state index < -0.39 is 22.5 Å². The summed E-state index contributed by atoms with van der Waals surface area (Å²) in [6.45, 7) is 4.07. The number of hydrogen-bond donors (Lipinski definition) is 6. The molecular weight excluding hydrogens is 544 g/mol. The number of anilines is 4. The van der Waals surface area contributed by atoms with E-state index in [-0.39, 0.29) is 47.1 Å². The van der Waals surface area contributed by atoms with Crippen LogP contribution in [0, 0.1) is 0 Å². The normalized spacial score (nSPS) is 11.5. The molecule has 16 nitrogen and oxygen atoms in total. The summed E-state index contributed by atoms with van der Waals surface area (Å²) in [5, 5.41) is 5.84. The lowest BCUT2D eigenvalue weighted by Crippen LogP contribution is -2.37. The zero-order valence-electron chi connectivity index (χ0n) is 24.1. The molecule has 0 unspecified atom stereocenters. The molecule has 0 saturated heterocycles. The van der Waals surface area contributed by atoms with Crippen LogP contribution < -0.4 is 44.6 Å². The number of unbranched alkanes of at least 4 members (excludes halogenated alkanes) is 4. The van der Waals surface area contributed by atoms with Gasteiger partial charge in [-0.2, -0.15) is 15.0 Å². The van der Waals surface area contributed by atoms with Gasteiger partial charge in [0.1, 0.15) is 28.2 Å². The van der Waals surface area contributed by atoms with E-state index >= 15 is 0 Å². The third kappa shape index (κ3) is 6.43. The van der Waals surface area contributed by atoms with E-state index in [0.29, 0.717) is 31.0 Å². The highest BCUT2D eigenvalue weighted by Crippen LogP contribution is 2.16. The van der Waals surface area contributed by atoms with E-state index in [1.54, 1.807) is 20.2 Å². The molecule has 16 heteroatoms. The number of nitrogens with one attached hydrogen (secondary N) is 4. The van der Waals surface area contributed by atoms with Gasteiger partial charge in [0, 0.05) is 46.3 Å². The van der Waals surface area contributed by atoms with Gasteiger partial charge in [-0.05, 0) is 13.0 Å². The topological polar surface area (TPSA) is 228 Å². The van der Waals surface area contributed by atoms with Crippen molar-refractivity contribution in [3.05, 3.63) is 47.7 Å². The zero-order chi connectivity index (χ0) is 30.4. The smallest absolute Gasteiger partial charge is 0.351 e. The Morgan fingerprint density at radius 3 is 2.07 bits per heavy atom. The molecule has 0 saturated carbocycles. The number of aromatic nitrogens is 7. The van der Waals surface area contributed by atoms with Gasteiger partial charge >= 0.3 is 11.4 Å². The lowest BCUT2D eigenvalue weighted by Gasteiger charge is -2.24. The SMILES string of the molecule is CCCCCCCN(CCn1c(=O)nc(N)c2c(=O)[nH]c(NC)cc21)CCn1c(=O)nc(N)c2c(=O)[nH]c(NC)nc21. The van der Waals surface area contributed by atoms with E-state index in [4.69, 9.17) is 11.5 Å². The second-order valence-electron chi connectivity index (χ2n) is 10.0. The summed E-state index contributed by atoms with van der Waals surface area (Å²) in [7, 11) is 3.26. The first kappa shape index (κ1) is 30.2. The van der Waals surface area contributed by atoms with Gasteiger partial charge in [-0.15, -0.1) is 0 Å². The van der Waals surface area contributed by atoms with Gasteiger partial charge in [-0.25, -0.2) is 9.59 Å². The first-order valence-electron chi connectivity index (χ1n) is 14.0. The third-order valence-corrected chi connectivity index (χ3v) is 7.23. The number of rotatable bonds is 14. The number of pyridine rings is 1. The molecule has 0 bridgehead atoms. The number of nitrogens with two attached hydrogens (primary N) is 2. The van der Waals surface area contributed by atoms with Crippen molar-refractivity contribution >= 4 is 45.3 Å². The summed E-state index contributed by atoms with van der Waals surface area (Å²) in [5.41, 5.74) is 10.2. The van der Waals surface area contributed by atoms with Crippen LogP contribution in [0.15, 0.2) is 25.2 Å². The van der Waals surface area contributed by atoms with Crippen LogP contribution in [0.1, 0.15) is 39.0 Å². The third-order valence-electron chi connectivity index (χ3n) is 7.23. The molecule has 0 aromatic carbocycles. The molecule has 42 heavy (non-hydrogen) atoms. The molecule has 4 aromatic rings. The van der Waals surface area contributed by atoms with Crippen molar-refractivity contribution in [3.63, 3.8) is 0 Å². The van der Waals surface area contributed by atoms with Crippen molar-refractivity contribution in [2.45, 2.75) is 52.1 Å². The minimum Gasteiger partial charge on any atom is -0.383 e. The predicted octanol–water partition coefficient (Wildman–Crippen LogP) is 0.0984. The number of fused-ring (bicyclic) bond motifs is 2. The van der Waals surface area contributed by atoms with Gasteiger partial charge in [0.05, 0.1) is 5.52 Å². The van der Waals surface area contributed by atoms with E-state index in [0.717, 1.165) is 32.1 Å². The quantitative estimate of drug-likeness (QED) is 0.109. The Kier molecular flexibility index (Phi) is 9.57. The average Bonchev–Trinajstić information content (AvgIpc) is 2.95. The second-order valence-corrected chi connectivity index (χ2v) is 10.0. The van der Waals surface area contributed by atoms with Crippen LogP contribution in [0.2, 0.25) is 0 Å². The van der Waals surface area contributed by atoms with Crippen molar-refractivity contribution < 1.29 is 0 Å². The maximum atomic E-state index is 12.9. The van der Waals surface area contributed by atoms with Crippen molar-refractivity contribution in [2.24, 2.45) is 0 Å².